The Labute approximate surface area is 178 Å². The van der Waals surface area contributed by atoms with Gasteiger partial charge in [0.15, 0.2) is 5.11 Å². The number of pyridine rings is 1. The first kappa shape index (κ1) is 19.5. The third-order valence-electron chi connectivity index (χ3n) is 5.42. The Kier molecular flexibility index (Phi) is 5.28. The molecule has 5 nitrogen and oxygen atoms in total. The van der Waals surface area contributed by atoms with Gasteiger partial charge >= 0.3 is 0 Å². The Morgan fingerprint density at radius 3 is 2.41 bits per heavy atom. The zero-order valence-electron chi connectivity index (χ0n) is 17.3. The molecule has 0 bridgehead atoms. The molecule has 2 aromatic heterocycles. The zero-order chi connectivity index (χ0) is 20.5. The van der Waals surface area contributed by atoms with E-state index in [1.54, 1.807) is 0 Å². The van der Waals surface area contributed by atoms with E-state index >= 15 is 0 Å². The number of nitrogens with one attached hydrogen (secondary N) is 1. The summed E-state index contributed by atoms with van der Waals surface area (Å²) in [6, 6.07) is 17.2. The van der Waals surface area contributed by atoms with Crippen LogP contribution in [0.4, 0.5) is 11.4 Å². The molecule has 1 aromatic carbocycles. The predicted molar refractivity (Wildman–Crippen MR) is 124 cm³/mol. The van der Waals surface area contributed by atoms with Crippen LogP contribution in [0.2, 0.25) is 0 Å². The van der Waals surface area contributed by atoms with E-state index < -0.39 is 0 Å². The summed E-state index contributed by atoms with van der Waals surface area (Å²) in [4.78, 5) is 8.93. The summed E-state index contributed by atoms with van der Waals surface area (Å²) in [5.74, 6) is 0. The van der Waals surface area contributed by atoms with E-state index in [2.05, 4.69) is 87.3 Å². The third kappa shape index (κ3) is 3.72. The van der Waals surface area contributed by atoms with Crippen LogP contribution in [0.5, 0.6) is 0 Å². The highest BCUT2D eigenvalue weighted by atomic mass is 32.1. The second-order valence-corrected chi connectivity index (χ2v) is 8.28. The summed E-state index contributed by atoms with van der Waals surface area (Å²) in [5.41, 5.74) is 4.45. The second-order valence-electron chi connectivity index (χ2n) is 7.89. The van der Waals surface area contributed by atoms with Crippen LogP contribution in [0.3, 0.4) is 0 Å². The first-order valence-electron chi connectivity index (χ1n) is 9.91. The highest BCUT2D eigenvalue weighted by molar-refractivity contribution is 7.80. The van der Waals surface area contributed by atoms with E-state index in [-0.39, 0.29) is 12.1 Å². The van der Waals surface area contributed by atoms with Crippen LogP contribution in [0.15, 0.2) is 67.1 Å². The molecule has 0 radical (unpaired) electrons. The fourth-order valence-corrected chi connectivity index (χ4v) is 4.16. The summed E-state index contributed by atoms with van der Waals surface area (Å²) in [6.07, 6.45) is 6.21. The number of rotatable bonds is 5. The molecule has 3 heterocycles. The van der Waals surface area contributed by atoms with Crippen molar-refractivity contribution in [2.45, 2.75) is 32.0 Å². The molecule has 1 N–H and O–H groups in total. The summed E-state index contributed by atoms with van der Waals surface area (Å²) in [5, 5.41) is 4.24. The van der Waals surface area contributed by atoms with Crippen LogP contribution in [0.1, 0.15) is 43.2 Å². The van der Waals surface area contributed by atoms with Gasteiger partial charge in [-0.05, 0) is 74.1 Å². The molecule has 29 heavy (non-hydrogen) atoms. The molecule has 6 heteroatoms. The quantitative estimate of drug-likeness (QED) is 0.622. The van der Waals surface area contributed by atoms with Gasteiger partial charge in [-0.15, -0.1) is 0 Å². The maximum atomic E-state index is 5.79. The minimum absolute atomic E-state index is 0.0137. The van der Waals surface area contributed by atoms with Crippen LogP contribution in [0.25, 0.3) is 0 Å². The lowest BCUT2D eigenvalue weighted by molar-refractivity contribution is 0.560. The lowest BCUT2D eigenvalue weighted by Crippen LogP contribution is -2.29. The van der Waals surface area contributed by atoms with Crippen molar-refractivity contribution in [3.8, 4) is 0 Å². The minimum Gasteiger partial charge on any atom is -0.378 e. The van der Waals surface area contributed by atoms with Gasteiger partial charge in [-0.3, -0.25) is 4.98 Å². The maximum Gasteiger partial charge on any atom is 0.174 e. The van der Waals surface area contributed by atoms with E-state index in [1.165, 1.54) is 5.56 Å². The van der Waals surface area contributed by atoms with Gasteiger partial charge in [0.25, 0.3) is 0 Å². The van der Waals surface area contributed by atoms with Gasteiger partial charge < -0.3 is 19.7 Å². The first-order valence-corrected chi connectivity index (χ1v) is 10.3. The largest absolute Gasteiger partial charge is 0.378 e. The van der Waals surface area contributed by atoms with Crippen molar-refractivity contribution < 1.29 is 0 Å². The summed E-state index contributed by atoms with van der Waals surface area (Å²) in [6.45, 7) is 4.38. The fourth-order valence-electron chi connectivity index (χ4n) is 3.81. The molecule has 1 saturated heterocycles. The summed E-state index contributed by atoms with van der Waals surface area (Å²) in [7, 11) is 4.09. The SMILES string of the molecule is CC(C)n1ccc(C2C(c3ccccn3)NC(=S)N2c2ccc(N(C)C)cc2)c1. The van der Waals surface area contributed by atoms with E-state index in [0.29, 0.717) is 6.04 Å². The van der Waals surface area contributed by atoms with E-state index in [4.69, 9.17) is 12.2 Å². The number of aromatic nitrogens is 2. The molecule has 0 aliphatic carbocycles. The van der Waals surface area contributed by atoms with E-state index in [1.807, 2.05) is 32.4 Å². The van der Waals surface area contributed by atoms with E-state index in [0.717, 1.165) is 22.2 Å². The first-order chi connectivity index (χ1) is 14.0. The highest BCUT2D eigenvalue weighted by Gasteiger charge is 2.41. The van der Waals surface area contributed by atoms with Gasteiger partial charge in [-0.2, -0.15) is 0 Å². The van der Waals surface area contributed by atoms with Gasteiger partial charge in [0.2, 0.25) is 0 Å². The molecule has 2 unspecified atom stereocenters. The lowest BCUT2D eigenvalue weighted by atomic mass is 9.98. The summed E-state index contributed by atoms with van der Waals surface area (Å²) < 4.78 is 2.24. The average molecular weight is 406 g/mol. The number of hydrogen-bond acceptors (Lipinski definition) is 3. The van der Waals surface area contributed by atoms with Crippen molar-refractivity contribution >= 4 is 28.7 Å². The summed E-state index contributed by atoms with van der Waals surface area (Å²) >= 11 is 5.79. The Morgan fingerprint density at radius 1 is 1.07 bits per heavy atom. The number of anilines is 2. The molecule has 150 valence electrons. The Hall–Kier alpha value is -2.86. The molecule has 0 saturated carbocycles. The molecule has 1 fully saturated rings. The van der Waals surface area contributed by atoms with Crippen LogP contribution < -0.4 is 15.1 Å². The zero-order valence-corrected chi connectivity index (χ0v) is 18.1. The van der Waals surface area contributed by atoms with Gasteiger partial charge in [0, 0.05) is 50.1 Å². The third-order valence-corrected chi connectivity index (χ3v) is 5.73. The standard InChI is InChI=1S/C23H27N5S/c1-16(2)27-14-12-17(15-27)22-21(20-7-5-6-13-24-20)25-23(29)28(22)19-10-8-18(9-11-19)26(3)4/h5-16,21-22H,1-4H3,(H,25,29). The topological polar surface area (TPSA) is 36.3 Å². The molecule has 1 aliphatic rings. The molecule has 2 atom stereocenters. The molecule has 3 aromatic rings. The smallest absolute Gasteiger partial charge is 0.174 e. The number of hydrogen-bond donors (Lipinski definition) is 1. The molecule has 4 rings (SSSR count). The number of benzene rings is 1. The molecular weight excluding hydrogens is 378 g/mol. The monoisotopic (exact) mass is 405 g/mol. The van der Waals surface area contributed by atoms with Crippen LogP contribution in [0, 0.1) is 0 Å². The van der Waals surface area contributed by atoms with Crippen molar-refractivity contribution in [1.29, 1.82) is 0 Å². The Morgan fingerprint density at radius 2 is 1.83 bits per heavy atom. The lowest BCUT2D eigenvalue weighted by Gasteiger charge is -2.27. The molecular formula is C23H27N5S. The van der Waals surface area contributed by atoms with Crippen molar-refractivity contribution in [2.75, 3.05) is 23.9 Å². The predicted octanol–water partition coefficient (Wildman–Crippen LogP) is 4.71. The Balaban J connectivity index is 1.78. The highest BCUT2D eigenvalue weighted by Crippen LogP contribution is 2.42. The van der Waals surface area contributed by atoms with Crippen molar-refractivity contribution in [3.05, 3.63) is 78.4 Å². The van der Waals surface area contributed by atoms with Gasteiger partial charge in [-0.1, -0.05) is 6.07 Å². The Bertz CT molecular complexity index is 978. The van der Waals surface area contributed by atoms with Gasteiger partial charge in [-0.25, -0.2) is 0 Å². The second kappa shape index (κ2) is 7.87. The average Bonchev–Trinajstić information content (AvgIpc) is 3.33. The number of nitrogens with zero attached hydrogens (tertiary/aromatic N) is 4. The molecule has 0 amide bonds. The van der Waals surface area contributed by atoms with Crippen LogP contribution >= 0.6 is 12.2 Å². The van der Waals surface area contributed by atoms with Gasteiger partial charge in [0.05, 0.1) is 17.8 Å². The minimum atomic E-state index is -0.0137. The van der Waals surface area contributed by atoms with Crippen molar-refractivity contribution in [1.82, 2.24) is 14.9 Å². The van der Waals surface area contributed by atoms with Crippen LogP contribution in [-0.2, 0) is 0 Å². The number of thiocarbonyl (C=S) groups is 1. The fraction of sp³-hybridized carbons (Fsp3) is 0.304. The van der Waals surface area contributed by atoms with E-state index in [9.17, 15) is 0 Å². The van der Waals surface area contributed by atoms with Crippen molar-refractivity contribution in [2.24, 2.45) is 0 Å². The maximum absolute atomic E-state index is 5.79. The molecule has 1 aliphatic heterocycles. The van der Waals surface area contributed by atoms with Gasteiger partial charge in [0.1, 0.15) is 0 Å². The normalized spacial score (nSPS) is 18.9. The molecule has 0 spiro atoms. The van der Waals surface area contributed by atoms with Crippen LogP contribution in [-0.4, -0.2) is 28.8 Å². The van der Waals surface area contributed by atoms with Crippen molar-refractivity contribution in [3.63, 3.8) is 0 Å².